The number of nitrogens with zero attached hydrogens (tertiary/aromatic N) is 2. The topological polar surface area (TPSA) is 80.9 Å². The smallest absolute Gasteiger partial charge is 0.230 e. The maximum absolute atomic E-state index is 11.7. The molecular weight excluding hydrogens is 272 g/mol. The molecule has 3 N–H and O–H groups in total. The first-order chi connectivity index (χ1) is 9.75. The zero-order chi connectivity index (χ0) is 14.2. The van der Waals surface area contributed by atoms with E-state index in [2.05, 4.69) is 21.4 Å². The van der Waals surface area contributed by atoms with Gasteiger partial charge >= 0.3 is 0 Å². The van der Waals surface area contributed by atoms with Crippen LogP contribution in [0.5, 0.6) is 0 Å². The lowest BCUT2D eigenvalue weighted by Crippen LogP contribution is -2.26. The minimum Gasteiger partial charge on any atom is -0.381 e. The number of hydrogen-bond donors (Lipinski definition) is 2. The van der Waals surface area contributed by atoms with E-state index in [0.717, 1.165) is 6.42 Å². The van der Waals surface area contributed by atoms with Crippen LogP contribution in [-0.4, -0.2) is 28.2 Å². The van der Waals surface area contributed by atoms with E-state index < -0.39 is 0 Å². The summed E-state index contributed by atoms with van der Waals surface area (Å²) in [5.41, 5.74) is 7.15. The van der Waals surface area contributed by atoms with E-state index in [-0.39, 0.29) is 5.91 Å². The Morgan fingerprint density at radius 1 is 1.35 bits per heavy atom. The van der Waals surface area contributed by atoms with Crippen LogP contribution in [0.25, 0.3) is 0 Å². The highest BCUT2D eigenvalue weighted by molar-refractivity contribution is 8.00. The lowest BCUT2D eigenvalue weighted by Gasteiger charge is -2.12. The van der Waals surface area contributed by atoms with Crippen molar-refractivity contribution in [1.29, 1.82) is 0 Å². The molecule has 0 bridgehead atoms. The second kappa shape index (κ2) is 7.89. The molecule has 6 heteroatoms. The van der Waals surface area contributed by atoms with Gasteiger partial charge in [0.25, 0.3) is 0 Å². The number of thioether (sulfide) groups is 1. The fraction of sp³-hybridized carbons (Fsp3) is 0.500. The van der Waals surface area contributed by atoms with E-state index in [9.17, 15) is 4.79 Å². The Morgan fingerprint density at radius 2 is 2.20 bits per heavy atom. The highest BCUT2D eigenvalue weighted by Crippen LogP contribution is 2.20. The minimum atomic E-state index is 0.0106. The summed E-state index contributed by atoms with van der Waals surface area (Å²) in [5, 5.41) is 3.54. The Bertz CT molecular complexity index is 490. The third-order valence-electron chi connectivity index (χ3n) is 3.18. The number of nitrogens with two attached hydrogens (primary N) is 1. The Labute approximate surface area is 123 Å². The molecule has 1 aliphatic carbocycles. The highest BCUT2D eigenvalue weighted by Gasteiger charge is 2.08. The van der Waals surface area contributed by atoms with Gasteiger partial charge in [-0.1, -0.05) is 23.4 Å². The van der Waals surface area contributed by atoms with E-state index >= 15 is 0 Å². The average Bonchev–Trinajstić information content (AvgIpc) is 2.47. The van der Waals surface area contributed by atoms with Gasteiger partial charge in [0.1, 0.15) is 5.03 Å². The van der Waals surface area contributed by atoms with Crippen LogP contribution in [0, 0.1) is 0 Å². The summed E-state index contributed by atoms with van der Waals surface area (Å²) in [6.45, 7) is 0.710. The Balaban J connectivity index is 1.65. The van der Waals surface area contributed by atoms with Gasteiger partial charge < -0.3 is 11.1 Å². The molecule has 0 unspecified atom stereocenters. The van der Waals surface area contributed by atoms with Gasteiger partial charge in [0.2, 0.25) is 5.91 Å². The van der Waals surface area contributed by atoms with Gasteiger partial charge in [-0.3, -0.25) is 4.79 Å². The number of carbonyl (C=O) groups excluding carboxylic acids is 1. The molecule has 0 aromatic carbocycles. The maximum Gasteiger partial charge on any atom is 0.230 e. The van der Waals surface area contributed by atoms with Crippen LogP contribution < -0.4 is 11.1 Å². The van der Waals surface area contributed by atoms with Crippen LogP contribution in [0.1, 0.15) is 32.1 Å². The molecule has 0 radical (unpaired) electrons. The van der Waals surface area contributed by atoms with Gasteiger partial charge in [-0.2, -0.15) is 0 Å². The third-order valence-corrected chi connectivity index (χ3v) is 4.18. The summed E-state index contributed by atoms with van der Waals surface area (Å²) < 4.78 is 0. The van der Waals surface area contributed by atoms with Gasteiger partial charge in [0, 0.05) is 18.9 Å². The molecule has 0 atom stereocenters. The van der Waals surface area contributed by atoms with Crippen molar-refractivity contribution in [3.8, 4) is 0 Å². The quantitative estimate of drug-likeness (QED) is 0.620. The number of allylic oxidation sites excluding steroid dienone is 1. The highest BCUT2D eigenvalue weighted by atomic mass is 32.2. The van der Waals surface area contributed by atoms with Crippen LogP contribution in [0.4, 0.5) is 5.82 Å². The lowest BCUT2D eigenvalue weighted by atomic mass is 9.97. The molecule has 1 amide bonds. The van der Waals surface area contributed by atoms with E-state index in [1.54, 1.807) is 6.20 Å². The van der Waals surface area contributed by atoms with Gasteiger partial charge in [0.05, 0.1) is 5.75 Å². The first-order valence-electron chi connectivity index (χ1n) is 6.89. The van der Waals surface area contributed by atoms with Crippen molar-refractivity contribution >= 4 is 23.5 Å². The lowest BCUT2D eigenvalue weighted by molar-refractivity contribution is -0.118. The second-order valence-corrected chi connectivity index (χ2v) is 5.71. The van der Waals surface area contributed by atoms with E-state index in [1.807, 2.05) is 0 Å². The molecule has 1 aromatic heterocycles. The number of rotatable bonds is 6. The summed E-state index contributed by atoms with van der Waals surface area (Å²) in [4.78, 5) is 19.8. The second-order valence-electron chi connectivity index (χ2n) is 4.74. The molecule has 2 rings (SSSR count). The van der Waals surface area contributed by atoms with Crippen molar-refractivity contribution in [2.45, 2.75) is 37.1 Å². The Kier molecular flexibility index (Phi) is 5.86. The van der Waals surface area contributed by atoms with Gasteiger partial charge in [-0.15, -0.1) is 0 Å². The number of hydrogen-bond acceptors (Lipinski definition) is 5. The minimum absolute atomic E-state index is 0.0106. The largest absolute Gasteiger partial charge is 0.381 e. The van der Waals surface area contributed by atoms with E-state index in [0.29, 0.717) is 23.1 Å². The van der Waals surface area contributed by atoms with Gasteiger partial charge in [-0.25, -0.2) is 9.97 Å². The van der Waals surface area contributed by atoms with Crippen molar-refractivity contribution in [1.82, 2.24) is 15.3 Å². The molecule has 1 aliphatic rings. The van der Waals surface area contributed by atoms with Crippen molar-refractivity contribution in [3.05, 3.63) is 24.0 Å². The Morgan fingerprint density at radius 3 is 2.95 bits per heavy atom. The van der Waals surface area contributed by atoms with Crippen molar-refractivity contribution in [2.24, 2.45) is 0 Å². The molecule has 5 nitrogen and oxygen atoms in total. The molecule has 0 saturated heterocycles. The van der Waals surface area contributed by atoms with E-state index in [4.69, 9.17) is 5.73 Å². The van der Waals surface area contributed by atoms with Crippen LogP contribution in [0.15, 0.2) is 29.1 Å². The summed E-state index contributed by atoms with van der Waals surface area (Å²) in [6, 6.07) is 0. The summed E-state index contributed by atoms with van der Waals surface area (Å²) in [5.74, 6) is 0.705. The number of anilines is 1. The molecule has 1 heterocycles. The molecular formula is C14H20N4OS. The zero-order valence-corrected chi connectivity index (χ0v) is 12.3. The molecule has 1 aromatic rings. The number of nitrogen functional groups attached to an aromatic ring is 1. The average molecular weight is 292 g/mol. The fourth-order valence-electron chi connectivity index (χ4n) is 2.13. The summed E-state index contributed by atoms with van der Waals surface area (Å²) >= 11 is 1.32. The molecule has 20 heavy (non-hydrogen) atoms. The third kappa shape index (κ3) is 4.85. The predicted octanol–water partition coefficient (Wildman–Crippen LogP) is 2.16. The number of nitrogens with one attached hydrogen (secondary N) is 1. The van der Waals surface area contributed by atoms with Crippen LogP contribution in [0.3, 0.4) is 0 Å². The van der Waals surface area contributed by atoms with Crippen LogP contribution >= 0.6 is 11.8 Å². The van der Waals surface area contributed by atoms with Crippen molar-refractivity contribution in [2.75, 3.05) is 18.0 Å². The summed E-state index contributed by atoms with van der Waals surface area (Å²) in [7, 11) is 0. The number of amides is 1. The Hall–Kier alpha value is -1.56. The first-order valence-corrected chi connectivity index (χ1v) is 7.88. The normalized spacial score (nSPS) is 14.7. The molecule has 0 saturated carbocycles. The predicted molar refractivity (Wildman–Crippen MR) is 81.3 cm³/mol. The van der Waals surface area contributed by atoms with Crippen LogP contribution in [-0.2, 0) is 4.79 Å². The molecule has 108 valence electrons. The van der Waals surface area contributed by atoms with Gasteiger partial charge in [-0.05, 0) is 32.1 Å². The monoisotopic (exact) mass is 292 g/mol. The molecule has 0 spiro atoms. The van der Waals surface area contributed by atoms with Crippen molar-refractivity contribution < 1.29 is 4.79 Å². The standard InChI is InChI=1S/C14H20N4OS/c15-13-14(18-9-8-17-13)20-10-12(19)16-7-6-11-4-2-1-3-5-11/h4,8-9H,1-3,5-7,10H2,(H2,15,17)(H,16,19). The molecule has 0 aliphatic heterocycles. The zero-order valence-electron chi connectivity index (χ0n) is 11.5. The fourth-order valence-corrected chi connectivity index (χ4v) is 2.83. The van der Waals surface area contributed by atoms with Gasteiger partial charge in [0.15, 0.2) is 5.82 Å². The SMILES string of the molecule is Nc1nccnc1SCC(=O)NCCC1=CCCCC1. The van der Waals surface area contributed by atoms with Crippen molar-refractivity contribution in [3.63, 3.8) is 0 Å². The maximum atomic E-state index is 11.7. The summed E-state index contributed by atoms with van der Waals surface area (Å²) in [6.07, 6.45) is 11.3. The number of carbonyl (C=O) groups is 1. The van der Waals surface area contributed by atoms with Crippen LogP contribution in [0.2, 0.25) is 0 Å². The molecule has 0 fully saturated rings. The first kappa shape index (κ1) is 14.8. The van der Waals surface area contributed by atoms with E-state index in [1.165, 1.54) is 49.2 Å². The number of aromatic nitrogens is 2.